The first-order valence-electron chi connectivity index (χ1n) is 18.7. The van der Waals surface area contributed by atoms with Crippen molar-refractivity contribution in [3.05, 3.63) is 65.7 Å². The Morgan fingerprint density at radius 3 is 2.04 bits per heavy atom. The number of halogens is 1. The minimum absolute atomic E-state index is 0.0213. The van der Waals surface area contributed by atoms with E-state index >= 15 is 0 Å². The number of imidazole rings is 1. The number of unbranched alkanes of at least 4 members (excludes halogenated alkanes) is 15. The fourth-order valence-corrected chi connectivity index (χ4v) is 8.27. The number of nitrogens with zero attached hydrogens (tertiary/aromatic N) is 4. The van der Waals surface area contributed by atoms with Gasteiger partial charge in [-0.1, -0.05) is 127 Å². The predicted octanol–water partition coefficient (Wildman–Crippen LogP) is 9.51. The largest absolute Gasteiger partial charge is 0.495 e. The SMILES string of the molecule is CCCCCCCCCCCCCCCCCCN1C(C(C(=O)Nc2cc(Cl)ccc2OC)n2cnc(C(=O)OC)c2)=Nc2ccccc2S1(=O)=O. The maximum absolute atomic E-state index is 14.3. The van der Waals surface area contributed by atoms with E-state index in [0.717, 1.165) is 25.7 Å². The van der Waals surface area contributed by atoms with Crippen LogP contribution in [0.15, 0.2) is 64.9 Å². The van der Waals surface area contributed by atoms with Gasteiger partial charge in [-0.05, 0) is 36.8 Å². The second-order valence-electron chi connectivity index (χ2n) is 13.3. The molecule has 0 saturated carbocycles. The minimum Gasteiger partial charge on any atom is -0.495 e. The number of rotatable bonds is 23. The number of esters is 1. The number of sulfonamides is 1. The van der Waals surface area contributed by atoms with Gasteiger partial charge in [-0.2, -0.15) is 0 Å². The van der Waals surface area contributed by atoms with Gasteiger partial charge in [0.25, 0.3) is 15.9 Å². The van der Waals surface area contributed by atoms with Crippen LogP contribution in [0.25, 0.3) is 0 Å². The van der Waals surface area contributed by atoms with E-state index in [1.54, 1.807) is 30.3 Å². The molecule has 0 spiro atoms. The summed E-state index contributed by atoms with van der Waals surface area (Å²) in [4.78, 5) is 35.6. The van der Waals surface area contributed by atoms with E-state index in [1.807, 2.05) is 0 Å². The van der Waals surface area contributed by atoms with Crippen LogP contribution in [0.4, 0.5) is 11.4 Å². The number of methoxy groups -OCH3 is 2. The zero-order chi connectivity index (χ0) is 37.3. The van der Waals surface area contributed by atoms with E-state index in [4.69, 9.17) is 26.1 Å². The molecule has 0 fully saturated rings. The van der Waals surface area contributed by atoms with Gasteiger partial charge in [0.2, 0.25) is 0 Å². The molecule has 3 aromatic rings. The highest BCUT2D eigenvalue weighted by Gasteiger charge is 2.41. The van der Waals surface area contributed by atoms with Crippen molar-refractivity contribution < 1.29 is 27.5 Å². The van der Waals surface area contributed by atoms with Crippen LogP contribution >= 0.6 is 11.6 Å². The Morgan fingerprint density at radius 2 is 1.44 bits per heavy atom. The minimum atomic E-state index is -4.09. The van der Waals surface area contributed by atoms with Gasteiger partial charge in [0.05, 0.1) is 31.9 Å². The number of anilines is 1. The Kier molecular flexibility index (Phi) is 16.5. The summed E-state index contributed by atoms with van der Waals surface area (Å²) in [6.45, 7) is 2.38. The quantitative estimate of drug-likeness (QED) is 0.0753. The van der Waals surface area contributed by atoms with Crippen LogP contribution < -0.4 is 10.1 Å². The Labute approximate surface area is 314 Å². The van der Waals surface area contributed by atoms with E-state index in [9.17, 15) is 18.0 Å². The smallest absolute Gasteiger partial charge is 0.358 e. The molecular weight excluding hydrogens is 702 g/mol. The first-order valence-corrected chi connectivity index (χ1v) is 20.5. The number of carbonyl (C=O) groups excluding carboxylic acids is 2. The van der Waals surface area contributed by atoms with Gasteiger partial charge in [-0.15, -0.1) is 0 Å². The molecule has 1 aliphatic rings. The van der Waals surface area contributed by atoms with Crippen molar-refractivity contribution >= 4 is 50.7 Å². The summed E-state index contributed by atoms with van der Waals surface area (Å²) in [5.74, 6) is -1.01. The number of amidine groups is 1. The number of aliphatic imine (C=N–C) groups is 1. The molecule has 0 aliphatic carbocycles. The summed E-state index contributed by atoms with van der Waals surface area (Å²) < 4.78 is 41.3. The van der Waals surface area contributed by atoms with Crippen molar-refractivity contribution in [3.8, 4) is 5.75 Å². The fraction of sp³-hybridized carbons (Fsp3) is 0.538. The molecule has 284 valence electrons. The molecule has 1 aromatic heterocycles. The summed E-state index contributed by atoms with van der Waals surface area (Å²) in [7, 11) is -1.41. The molecule has 1 amide bonds. The average molecular weight is 756 g/mol. The van der Waals surface area contributed by atoms with Crippen molar-refractivity contribution in [2.24, 2.45) is 4.99 Å². The summed E-state index contributed by atoms with van der Waals surface area (Å²) in [6, 6.07) is 9.89. The number of amides is 1. The van der Waals surface area contributed by atoms with Crippen molar-refractivity contribution in [1.29, 1.82) is 0 Å². The standard InChI is InChI=1S/C39H54ClN5O6S/c1-4-5-6-7-8-9-10-11-12-13-14-15-16-17-18-21-26-45-37(42-31-22-19-20-23-35(31)52(45,48)49)36(44-28-33(41-29-44)39(47)51-3)38(46)43-32-27-30(40)24-25-34(32)50-2/h19-20,22-25,27-29,36H,4-18,21,26H2,1-3H3,(H,43,46). The first-order chi connectivity index (χ1) is 25.2. The molecule has 13 heteroatoms. The monoisotopic (exact) mass is 755 g/mol. The third kappa shape index (κ3) is 11.3. The summed E-state index contributed by atoms with van der Waals surface area (Å²) >= 11 is 6.25. The molecule has 4 rings (SSSR count). The van der Waals surface area contributed by atoms with Crippen LogP contribution in [0.5, 0.6) is 5.75 Å². The normalized spacial score (nSPS) is 14.0. The Balaban J connectivity index is 1.44. The molecule has 0 bridgehead atoms. The van der Waals surface area contributed by atoms with Crippen LogP contribution in [0.1, 0.15) is 126 Å². The van der Waals surface area contributed by atoms with Crippen molar-refractivity contribution in [2.45, 2.75) is 121 Å². The van der Waals surface area contributed by atoms with Crippen LogP contribution in [0.3, 0.4) is 0 Å². The first kappa shape index (κ1) is 40.9. The van der Waals surface area contributed by atoms with E-state index in [1.165, 1.54) is 118 Å². The van der Waals surface area contributed by atoms with Gasteiger partial charge in [0.1, 0.15) is 10.6 Å². The Hall–Kier alpha value is -3.90. The molecule has 52 heavy (non-hydrogen) atoms. The molecule has 1 atom stereocenters. The highest BCUT2D eigenvalue weighted by Crippen LogP contribution is 2.36. The molecule has 0 saturated heterocycles. The molecule has 11 nitrogen and oxygen atoms in total. The molecule has 1 aliphatic heterocycles. The van der Waals surface area contributed by atoms with Gasteiger partial charge >= 0.3 is 5.97 Å². The lowest BCUT2D eigenvalue weighted by atomic mass is 10.0. The fourth-order valence-electron chi connectivity index (χ4n) is 6.48. The molecule has 0 radical (unpaired) electrons. The van der Waals surface area contributed by atoms with Crippen molar-refractivity contribution in [3.63, 3.8) is 0 Å². The van der Waals surface area contributed by atoms with E-state index in [2.05, 4.69) is 17.2 Å². The Morgan fingerprint density at radius 1 is 0.846 bits per heavy atom. The maximum atomic E-state index is 14.3. The molecule has 2 heterocycles. The zero-order valence-electron chi connectivity index (χ0n) is 30.8. The Bertz CT molecular complexity index is 1740. The average Bonchev–Trinajstić information content (AvgIpc) is 3.62. The maximum Gasteiger partial charge on any atom is 0.358 e. The van der Waals surface area contributed by atoms with Gasteiger partial charge in [-0.3, -0.25) is 9.10 Å². The van der Waals surface area contributed by atoms with Gasteiger partial charge in [-0.25, -0.2) is 23.2 Å². The summed E-state index contributed by atoms with van der Waals surface area (Å²) in [5, 5.41) is 3.19. The molecular formula is C39H54ClN5O6S. The number of aromatic nitrogens is 2. The topological polar surface area (TPSA) is 132 Å². The highest BCUT2D eigenvalue weighted by molar-refractivity contribution is 7.90. The third-order valence-electron chi connectivity index (χ3n) is 9.35. The van der Waals surface area contributed by atoms with Crippen LogP contribution in [-0.4, -0.2) is 60.8 Å². The second-order valence-corrected chi connectivity index (χ2v) is 15.5. The number of para-hydroxylation sites is 1. The number of carbonyl (C=O) groups is 2. The zero-order valence-corrected chi connectivity index (χ0v) is 32.4. The number of benzene rings is 2. The van der Waals surface area contributed by atoms with Crippen molar-refractivity contribution in [1.82, 2.24) is 13.9 Å². The second kappa shape index (κ2) is 21.0. The third-order valence-corrected chi connectivity index (χ3v) is 11.4. The highest BCUT2D eigenvalue weighted by atomic mass is 35.5. The number of fused-ring (bicyclic) bond motifs is 1. The lowest BCUT2D eigenvalue weighted by molar-refractivity contribution is -0.117. The number of nitrogens with one attached hydrogen (secondary N) is 1. The molecule has 1 unspecified atom stereocenters. The number of hydrogen-bond acceptors (Lipinski definition) is 8. The van der Waals surface area contributed by atoms with Crippen LogP contribution in [0, 0.1) is 0 Å². The van der Waals surface area contributed by atoms with E-state index in [-0.39, 0.29) is 34.3 Å². The van der Waals surface area contributed by atoms with Gasteiger partial charge in [0, 0.05) is 17.8 Å². The van der Waals surface area contributed by atoms with Crippen molar-refractivity contribution in [2.75, 3.05) is 26.1 Å². The van der Waals surface area contributed by atoms with Crippen LogP contribution in [0.2, 0.25) is 5.02 Å². The van der Waals surface area contributed by atoms with Gasteiger partial charge in [0.15, 0.2) is 17.6 Å². The van der Waals surface area contributed by atoms with Gasteiger partial charge < -0.3 is 19.4 Å². The number of ether oxygens (including phenoxy) is 2. The lowest BCUT2D eigenvalue weighted by Crippen LogP contribution is -2.47. The van der Waals surface area contributed by atoms with Crippen LogP contribution in [-0.2, 0) is 19.6 Å². The lowest BCUT2D eigenvalue weighted by Gasteiger charge is -2.33. The van der Waals surface area contributed by atoms with E-state index < -0.39 is 27.9 Å². The summed E-state index contributed by atoms with van der Waals surface area (Å²) in [6.07, 6.45) is 21.8. The molecule has 1 N–H and O–H groups in total. The predicted molar refractivity (Wildman–Crippen MR) is 206 cm³/mol. The molecule has 2 aromatic carbocycles. The number of hydrogen-bond donors (Lipinski definition) is 1. The van der Waals surface area contributed by atoms with E-state index in [0.29, 0.717) is 17.2 Å². The summed E-state index contributed by atoms with van der Waals surface area (Å²) in [5.41, 5.74) is 0.444.